The van der Waals surface area contributed by atoms with Crippen LogP contribution >= 0.6 is 0 Å². The van der Waals surface area contributed by atoms with Crippen LogP contribution in [0, 0.1) is 5.41 Å². The third-order valence-electron chi connectivity index (χ3n) is 4.15. The summed E-state index contributed by atoms with van der Waals surface area (Å²) in [6.07, 6.45) is 4.52. The molecule has 0 aliphatic carbocycles. The van der Waals surface area contributed by atoms with Crippen molar-refractivity contribution in [3.05, 3.63) is 0 Å². The van der Waals surface area contributed by atoms with Crippen LogP contribution in [0.25, 0.3) is 0 Å². The molecule has 1 rings (SSSR count). The van der Waals surface area contributed by atoms with E-state index in [0.29, 0.717) is 11.5 Å². The molecule has 3 nitrogen and oxygen atoms in total. The third-order valence-corrected chi connectivity index (χ3v) is 4.15. The lowest BCUT2D eigenvalue weighted by molar-refractivity contribution is -0.0279. The number of rotatable bonds is 7. The van der Waals surface area contributed by atoms with E-state index in [1.54, 1.807) is 0 Å². The molecule has 2 unspecified atom stereocenters. The molecule has 0 spiro atoms. The number of β-amino-alcohol motifs (C(OH)–C–C–N with tert-alkyl or cyclic N) is 1. The molecule has 0 radical (unpaired) electrons. The van der Waals surface area contributed by atoms with Gasteiger partial charge in [0.1, 0.15) is 0 Å². The van der Waals surface area contributed by atoms with Crippen molar-refractivity contribution < 1.29 is 5.11 Å². The van der Waals surface area contributed by atoms with Crippen molar-refractivity contribution >= 4 is 0 Å². The van der Waals surface area contributed by atoms with E-state index in [1.807, 2.05) is 6.92 Å². The summed E-state index contributed by atoms with van der Waals surface area (Å²) in [6, 6.07) is 0.542. The van der Waals surface area contributed by atoms with Gasteiger partial charge in [-0.2, -0.15) is 0 Å². The summed E-state index contributed by atoms with van der Waals surface area (Å²) in [6.45, 7) is 15.2. The smallest absolute Gasteiger partial charge is 0.0746 e. The standard InChI is InChI=1S/C16H34N2O/c1-6-8-15(4,11-17-14(2)3)12-18-10-7-9-16(5,19)13-18/h14,17,19H,6-13H2,1-5H3. The van der Waals surface area contributed by atoms with Gasteiger partial charge in [0, 0.05) is 25.7 Å². The van der Waals surface area contributed by atoms with Gasteiger partial charge in [0.2, 0.25) is 0 Å². The van der Waals surface area contributed by atoms with Gasteiger partial charge in [0.15, 0.2) is 0 Å². The molecule has 0 aromatic rings. The number of aliphatic hydroxyl groups is 1. The minimum Gasteiger partial charge on any atom is -0.389 e. The van der Waals surface area contributed by atoms with Gasteiger partial charge in [0.05, 0.1) is 5.60 Å². The Labute approximate surface area is 119 Å². The quantitative estimate of drug-likeness (QED) is 0.746. The topological polar surface area (TPSA) is 35.5 Å². The molecule has 0 aromatic carbocycles. The number of piperidine rings is 1. The lowest BCUT2D eigenvalue weighted by Gasteiger charge is -2.42. The van der Waals surface area contributed by atoms with E-state index < -0.39 is 5.60 Å². The third kappa shape index (κ3) is 6.24. The Hall–Kier alpha value is -0.120. The summed E-state index contributed by atoms with van der Waals surface area (Å²) in [5.74, 6) is 0. The second kappa shape index (κ2) is 7.05. The van der Waals surface area contributed by atoms with Gasteiger partial charge < -0.3 is 10.4 Å². The fourth-order valence-corrected chi connectivity index (χ4v) is 3.28. The van der Waals surface area contributed by atoms with Crippen LogP contribution in [0.4, 0.5) is 0 Å². The Morgan fingerprint density at radius 1 is 1.42 bits per heavy atom. The molecule has 114 valence electrons. The first-order valence-electron chi connectivity index (χ1n) is 7.94. The second-order valence-electron chi connectivity index (χ2n) is 7.41. The number of nitrogens with one attached hydrogen (secondary N) is 1. The van der Waals surface area contributed by atoms with E-state index in [9.17, 15) is 5.11 Å². The highest BCUT2D eigenvalue weighted by molar-refractivity contribution is 4.88. The van der Waals surface area contributed by atoms with Gasteiger partial charge in [0.25, 0.3) is 0 Å². The van der Waals surface area contributed by atoms with E-state index in [2.05, 4.69) is 37.9 Å². The predicted octanol–water partition coefficient (Wildman–Crippen LogP) is 2.64. The monoisotopic (exact) mass is 270 g/mol. The van der Waals surface area contributed by atoms with Crippen molar-refractivity contribution in [3.63, 3.8) is 0 Å². The zero-order valence-corrected chi connectivity index (χ0v) is 13.6. The summed E-state index contributed by atoms with van der Waals surface area (Å²) >= 11 is 0. The first-order valence-corrected chi connectivity index (χ1v) is 7.94. The lowest BCUT2D eigenvalue weighted by atomic mass is 9.83. The van der Waals surface area contributed by atoms with Crippen LogP contribution in [-0.2, 0) is 0 Å². The molecule has 0 aromatic heterocycles. The van der Waals surface area contributed by atoms with Crippen LogP contribution in [0.1, 0.15) is 60.3 Å². The van der Waals surface area contributed by atoms with Crippen molar-refractivity contribution in [3.8, 4) is 0 Å². The summed E-state index contributed by atoms with van der Waals surface area (Å²) in [5.41, 5.74) is -0.177. The van der Waals surface area contributed by atoms with Gasteiger partial charge in [-0.1, -0.05) is 34.1 Å². The normalized spacial score (nSPS) is 28.6. The maximum atomic E-state index is 10.2. The molecule has 1 saturated heterocycles. The van der Waals surface area contributed by atoms with Crippen LogP contribution in [0.15, 0.2) is 0 Å². The van der Waals surface area contributed by atoms with Crippen LogP contribution in [0.3, 0.4) is 0 Å². The molecule has 1 aliphatic rings. The molecule has 1 heterocycles. The van der Waals surface area contributed by atoms with Crippen molar-refractivity contribution in [1.29, 1.82) is 0 Å². The molecule has 0 amide bonds. The van der Waals surface area contributed by atoms with Gasteiger partial charge in [-0.05, 0) is 38.1 Å². The highest BCUT2D eigenvalue weighted by Gasteiger charge is 2.33. The van der Waals surface area contributed by atoms with Crippen molar-refractivity contribution in [2.45, 2.75) is 71.9 Å². The fourth-order valence-electron chi connectivity index (χ4n) is 3.28. The van der Waals surface area contributed by atoms with Gasteiger partial charge in [-0.15, -0.1) is 0 Å². The van der Waals surface area contributed by atoms with Crippen LogP contribution < -0.4 is 5.32 Å². The van der Waals surface area contributed by atoms with Crippen LogP contribution in [0.2, 0.25) is 0 Å². The molecule has 2 atom stereocenters. The average Bonchev–Trinajstić information content (AvgIpc) is 2.25. The number of nitrogens with zero attached hydrogens (tertiary/aromatic N) is 1. The fraction of sp³-hybridized carbons (Fsp3) is 1.00. The predicted molar refractivity (Wildman–Crippen MR) is 82.5 cm³/mol. The minimum absolute atomic E-state index is 0.312. The molecule has 0 bridgehead atoms. The molecule has 1 aliphatic heterocycles. The summed E-state index contributed by atoms with van der Waals surface area (Å²) in [7, 11) is 0. The largest absolute Gasteiger partial charge is 0.389 e. The number of hydrogen-bond donors (Lipinski definition) is 2. The molecule has 1 fully saturated rings. The molecule has 0 saturated carbocycles. The minimum atomic E-state index is -0.489. The summed E-state index contributed by atoms with van der Waals surface area (Å²) in [4.78, 5) is 2.46. The lowest BCUT2D eigenvalue weighted by Crippen LogP contribution is -2.51. The maximum absolute atomic E-state index is 10.2. The molecule has 2 N–H and O–H groups in total. The Morgan fingerprint density at radius 2 is 2.11 bits per heavy atom. The van der Waals surface area contributed by atoms with E-state index in [4.69, 9.17) is 0 Å². The Morgan fingerprint density at radius 3 is 2.63 bits per heavy atom. The highest BCUT2D eigenvalue weighted by Crippen LogP contribution is 2.28. The van der Waals surface area contributed by atoms with Gasteiger partial charge >= 0.3 is 0 Å². The van der Waals surface area contributed by atoms with Crippen molar-refractivity contribution in [2.75, 3.05) is 26.2 Å². The zero-order valence-electron chi connectivity index (χ0n) is 13.6. The van der Waals surface area contributed by atoms with E-state index >= 15 is 0 Å². The average molecular weight is 270 g/mol. The van der Waals surface area contributed by atoms with E-state index in [1.165, 1.54) is 12.8 Å². The first kappa shape index (κ1) is 16.9. The molecule has 19 heavy (non-hydrogen) atoms. The number of hydrogen-bond acceptors (Lipinski definition) is 3. The van der Waals surface area contributed by atoms with Gasteiger partial charge in [-0.25, -0.2) is 0 Å². The highest BCUT2D eigenvalue weighted by atomic mass is 16.3. The summed E-state index contributed by atoms with van der Waals surface area (Å²) < 4.78 is 0. The molecular weight excluding hydrogens is 236 g/mol. The van der Waals surface area contributed by atoms with E-state index in [-0.39, 0.29) is 0 Å². The van der Waals surface area contributed by atoms with Gasteiger partial charge in [-0.3, -0.25) is 4.90 Å². The Balaban J connectivity index is 2.56. The maximum Gasteiger partial charge on any atom is 0.0746 e. The number of likely N-dealkylation sites (tertiary alicyclic amines) is 1. The van der Waals surface area contributed by atoms with E-state index in [0.717, 1.165) is 39.0 Å². The van der Waals surface area contributed by atoms with Crippen LogP contribution in [-0.4, -0.2) is 47.8 Å². The Kier molecular flexibility index (Phi) is 6.28. The van der Waals surface area contributed by atoms with Crippen molar-refractivity contribution in [2.24, 2.45) is 5.41 Å². The zero-order chi connectivity index (χ0) is 14.5. The first-order chi connectivity index (χ1) is 8.76. The molecular formula is C16H34N2O. The van der Waals surface area contributed by atoms with Crippen LogP contribution in [0.5, 0.6) is 0 Å². The SMILES string of the molecule is CCCC(C)(CNC(C)C)CN1CCCC(C)(O)C1. The Bertz CT molecular complexity index is 265. The second-order valence-corrected chi connectivity index (χ2v) is 7.41. The molecule has 3 heteroatoms. The summed E-state index contributed by atoms with van der Waals surface area (Å²) in [5, 5.41) is 13.8. The van der Waals surface area contributed by atoms with Crippen molar-refractivity contribution in [1.82, 2.24) is 10.2 Å².